The van der Waals surface area contributed by atoms with E-state index in [1.165, 1.54) is 0 Å². The van der Waals surface area contributed by atoms with Crippen LogP contribution in [-0.4, -0.2) is 96.3 Å². The lowest BCUT2D eigenvalue weighted by atomic mass is 9.77. The minimum atomic E-state index is -0.0319. The summed E-state index contributed by atoms with van der Waals surface area (Å²) in [5.41, 5.74) is 1.17. The number of amides is 4. The first-order valence-corrected chi connectivity index (χ1v) is 16.0. The molecule has 4 aliphatic rings. The van der Waals surface area contributed by atoms with Crippen molar-refractivity contribution in [1.29, 1.82) is 0 Å². The number of benzene rings is 1. The van der Waals surface area contributed by atoms with E-state index in [9.17, 15) is 19.2 Å². The van der Waals surface area contributed by atoms with Crippen molar-refractivity contribution in [2.75, 3.05) is 45.9 Å². The van der Waals surface area contributed by atoms with E-state index in [1.54, 1.807) is 29.2 Å². The van der Waals surface area contributed by atoms with Crippen LogP contribution in [0.3, 0.4) is 0 Å². The molecule has 0 aliphatic carbocycles. The van der Waals surface area contributed by atoms with Crippen LogP contribution >= 0.6 is 0 Å². The third-order valence-corrected chi connectivity index (χ3v) is 9.80. The number of nitrogens with one attached hydrogen (secondary N) is 1. The highest BCUT2D eigenvalue weighted by molar-refractivity contribution is 5.98. The summed E-state index contributed by atoms with van der Waals surface area (Å²) in [7, 11) is 0. The summed E-state index contributed by atoms with van der Waals surface area (Å²) in [6.45, 7) is 10.6. The van der Waals surface area contributed by atoms with Crippen LogP contribution in [0.5, 0.6) is 0 Å². The Labute approximate surface area is 250 Å². The second-order valence-corrected chi connectivity index (χ2v) is 13.4. The molecular weight excluding hydrogens is 532 g/mol. The molecule has 42 heavy (non-hydrogen) atoms. The number of carbonyl (C=O) groups excluding carboxylic acids is 4. The molecule has 0 unspecified atom stereocenters. The van der Waals surface area contributed by atoms with Gasteiger partial charge in [-0.1, -0.05) is 20.8 Å². The van der Waals surface area contributed by atoms with E-state index in [0.717, 1.165) is 32.1 Å². The van der Waals surface area contributed by atoms with Gasteiger partial charge in [-0.05, 0) is 80.0 Å². The lowest BCUT2D eigenvalue weighted by molar-refractivity contribution is -0.141. The molecule has 230 valence electrons. The Balaban J connectivity index is 1.26. The van der Waals surface area contributed by atoms with Gasteiger partial charge in [0.2, 0.25) is 11.8 Å². The normalized spacial score (nSPS) is 29.6. The molecule has 9 heteroatoms. The number of rotatable bonds is 3. The summed E-state index contributed by atoms with van der Waals surface area (Å²) < 4.78 is 5.35. The summed E-state index contributed by atoms with van der Waals surface area (Å²) in [4.78, 5) is 58.8. The molecule has 4 saturated heterocycles. The lowest BCUT2D eigenvalue weighted by Gasteiger charge is -2.51. The SMILES string of the molecule is CC(C)[C@@H]1CC[C@@H](C)CC(=O)N2C[C@H]3C[C@@H](CN(C(=O)c4ccc(C(=O)N5CCOCC5)cc4)C3)[C@@H]2CCCC(=O)N1. The van der Waals surface area contributed by atoms with Crippen molar-refractivity contribution in [2.24, 2.45) is 23.7 Å². The van der Waals surface area contributed by atoms with Gasteiger partial charge in [0, 0.05) is 68.8 Å². The highest BCUT2D eigenvalue weighted by Gasteiger charge is 2.43. The number of morpholine rings is 1. The van der Waals surface area contributed by atoms with Gasteiger partial charge in [0.1, 0.15) is 0 Å². The van der Waals surface area contributed by atoms with Gasteiger partial charge in [-0.2, -0.15) is 0 Å². The first kappa shape index (κ1) is 30.5. The summed E-state index contributed by atoms with van der Waals surface area (Å²) >= 11 is 0. The summed E-state index contributed by atoms with van der Waals surface area (Å²) in [5, 5.41) is 3.25. The molecule has 4 fully saturated rings. The maximum Gasteiger partial charge on any atom is 0.254 e. The molecule has 5 atom stereocenters. The van der Waals surface area contributed by atoms with E-state index in [2.05, 4.69) is 31.0 Å². The van der Waals surface area contributed by atoms with Crippen molar-refractivity contribution in [1.82, 2.24) is 20.0 Å². The molecule has 4 amide bonds. The Kier molecular flexibility index (Phi) is 9.86. The van der Waals surface area contributed by atoms with Crippen molar-refractivity contribution in [2.45, 2.75) is 77.8 Å². The lowest BCUT2D eigenvalue weighted by Crippen LogP contribution is -2.60. The predicted molar refractivity (Wildman–Crippen MR) is 160 cm³/mol. The minimum absolute atomic E-state index is 0.0211. The highest BCUT2D eigenvalue weighted by Crippen LogP contribution is 2.37. The number of nitrogens with zero attached hydrogens (tertiary/aromatic N) is 3. The van der Waals surface area contributed by atoms with Gasteiger partial charge in [-0.3, -0.25) is 19.2 Å². The van der Waals surface area contributed by atoms with Crippen LogP contribution < -0.4 is 5.32 Å². The van der Waals surface area contributed by atoms with Crippen molar-refractivity contribution >= 4 is 23.6 Å². The first-order valence-electron chi connectivity index (χ1n) is 16.0. The van der Waals surface area contributed by atoms with E-state index in [1.807, 2.05) is 4.90 Å². The van der Waals surface area contributed by atoms with Gasteiger partial charge in [-0.25, -0.2) is 0 Å². The third-order valence-electron chi connectivity index (χ3n) is 9.80. The maximum absolute atomic E-state index is 13.6. The Hall–Kier alpha value is -2.94. The largest absolute Gasteiger partial charge is 0.378 e. The standard InChI is InChI=1S/C33H48N4O5/c1-22(2)28-12-7-23(3)17-31(39)37-20-24-18-27(29(37)5-4-6-30(38)34-28)21-36(19-24)33(41)26-10-8-25(9-11-26)32(40)35-13-15-42-16-14-35/h8-11,22-24,27-29H,4-7,12-21H2,1-3H3,(H,34,38)/t23-,24+,27+,28+,29+/m1/s1. The fraction of sp³-hybridized carbons (Fsp3) is 0.697. The van der Waals surface area contributed by atoms with Gasteiger partial charge < -0.3 is 24.8 Å². The molecule has 0 radical (unpaired) electrons. The van der Waals surface area contributed by atoms with Crippen molar-refractivity contribution in [3.63, 3.8) is 0 Å². The van der Waals surface area contributed by atoms with Gasteiger partial charge in [0.05, 0.1) is 13.2 Å². The Morgan fingerprint density at radius 2 is 1.57 bits per heavy atom. The zero-order chi connectivity index (χ0) is 29.8. The molecule has 1 aromatic rings. The monoisotopic (exact) mass is 580 g/mol. The first-order chi connectivity index (χ1) is 20.2. The Bertz CT molecular complexity index is 1130. The number of carbonyl (C=O) groups is 4. The smallest absolute Gasteiger partial charge is 0.254 e. The number of hydrogen-bond donors (Lipinski definition) is 1. The van der Waals surface area contributed by atoms with Crippen LogP contribution in [-0.2, 0) is 14.3 Å². The van der Waals surface area contributed by atoms with Crippen molar-refractivity contribution in [3.8, 4) is 0 Å². The van der Waals surface area contributed by atoms with Crippen LogP contribution in [0.25, 0.3) is 0 Å². The van der Waals surface area contributed by atoms with E-state index >= 15 is 0 Å². The number of piperidine rings is 2. The molecule has 1 N–H and O–H groups in total. The second-order valence-electron chi connectivity index (χ2n) is 13.4. The molecule has 2 bridgehead atoms. The molecule has 4 heterocycles. The Morgan fingerprint density at radius 3 is 2.24 bits per heavy atom. The maximum atomic E-state index is 13.6. The molecule has 5 rings (SSSR count). The Morgan fingerprint density at radius 1 is 0.905 bits per heavy atom. The van der Waals surface area contributed by atoms with Gasteiger partial charge in [0.15, 0.2) is 0 Å². The molecule has 9 nitrogen and oxygen atoms in total. The van der Waals surface area contributed by atoms with E-state index in [4.69, 9.17) is 4.74 Å². The number of ether oxygens (including phenoxy) is 1. The average Bonchev–Trinajstić information content (AvgIpc) is 3.00. The third kappa shape index (κ3) is 7.16. The minimum Gasteiger partial charge on any atom is -0.378 e. The van der Waals surface area contributed by atoms with Crippen LogP contribution in [0.1, 0.15) is 86.4 Å². The van der Waals surface area contributed by atoms with Crippen LogP contribution in [0.2, 0.25) is 0 Å². The summed E-state index contributed by atoms with van der Waals surface area (Å²) in [6, 6.07) is 7.21. The van der Waals surface area contributed by atoms with Crippen molar-refractivity contribution < 1.29 is 23.9 Å². The van der Waals surface area contributed by atoms with Gasteiger partial charge >= 0.3 is 0 Å². The summed E-state index contributed by atoms with van der Waals surface area (Å²) in [6.07, 6.45) is 5.32. The van der Waals surface area contributed by atoms with Gasteiger partial charge in [-0.15, -0.1) is 0 Å². The topological polar surface area (TPSA) is 99.3 Å². The fourth-order valence-corrected chi connectivity index (χ4v) is 7.36. The quantitative estimate of drug-likeness (QED) is 0.589. The van der Waals surface area contributed by atoms with E-state index in [0.29, 0.717) is 75.8 Å². The van der Waals surface area contributed by atoms with Gasteiger partial charge in [0.25, 0.3) is 11.8 Å². The van der Waals surface area contributed by atoms with E-state index in [-0.39, 0.29) is 53.5 Å². The molecule has 0 spiro atoms. The van der Waals surface area contributed by atoms with Crippen LogP contribution in [0.15, 0.2) is 24.3 Å². The molecular formula is C33H48N4O5. The number of hydrogen-bond acceptors (Lipinski definition) is 5. The fourth-order valence-electron chi connectivity index (χ4n) is 7.36. The predicted octanol–water partition coefficient (Wildman–Crippen LogP) is 3.58. The number of fused-ring (bicyclic) bond motifs is 4. The van der Waals surface area contributed by atoms with Crippen LogP contribution in [0, 0.1) is 23.7 Å². The zero-order valence-corrected chi connectivity index (χ0v) is 25.6. The van der Waals surface area contributed by atoms with Crippen LogP contribution in [0.4, 0.5) is 0 Å². The average molecular weight is 581 g/mol. The number of likely N-dealkylation sites (tertiary alicyclic amines) is 1. The zero-order valence-electron chi connectivity index (χ0n) is 25.6. The molecule has 1 aromatic carbocycles. The highest BCUT2D eigenvalue weighted by atomic mass is 16.5. The molecule has 0 saturated carbocycles. The molecule has 4 aliphatic heterocycles. The summed E-state index contributed by atoms with van der Waals surface area (Å²) in [5.74, 6) is 1.33. The molecule has 0 aromatic heterocycles. The van der Waals surface area contributed by atoms with E-state index < -0.39 is 0 Å². The van der Waals surface area contributed by atoms with Crippen molar-refractivity contribution in [3.05, 3.63) is 35.4 Å². The second kappa shape index (κ2) is 13.6.